The minimum absolute atomic E-state index is 0.338. The van der Waals surface area contributed by atoms with Gasteiger partial charge in [-0.15, -0.1) is 0 Å². The van der Waals surface area contributed by atoms with E-state index in [1.165, 1.54) is 31.2 Å². The fourth-order valence-corrected chi connectivity index (χ4v) is 2.40. The van der Waals surface area contributed by atoms with Gasteiger partial charge in [0.2, 0.25) is 0 Å². The summed E-state index contributed by atoms with van der Waals surface area (Å²) < 4.78 is 1.78. The SMILES string of the molecule is CCCCCCc1ccc(-n2cnc(Cl)c2Cl)cc1. The van der Waals surface area contributed by atoms with Crippen molar-refractivity contribution in [3.05, 3.63) is 46.5 Å². The summed E-state index contributed by atoms with van der Waals surface area (Å²) in [6, 6.07) is 8.40. The van der Waals surface area contributed by atoms with Crippen LogP contribution in [0, 0.1) is 0 Å². The predicted molar refractivity (Wildman–Crippen MR) is 81.4 cm³/mol. The molecule has 0 atom stereocenters. The molecular weight excluding hydrogens is 279 g/mol. The van der Waals surface area contributed by atoms with Gasteiger partial charge >= 0.3 is 0 Å². The van der Waals surface area contributed by atoms with Crippen molar-refractivity contribution >= 4 is 23.2 Å². The maximum absolute atomic E-state index is 6.07. The van der Waals surface area contributed by atoms with Crippen LogP contribution in [0.1, 0.15) is 38.2 Å². The highest BCUT2D eigenvalue weighted by Gasteiger charge is 2.07. The van der Waals surface area contributed by atoms with E-state index < -0.39 is 0 Å². The lowest BCUT2D eigenvalue weighted by molar-refractivity contribution is 0.667. The Hall–Kier alpha value is -0.990. The molecule has 2 aromatic rings. The molecule has 0 aliphatic heterocycles. The molecule has 2 rings (SSSR count). The van der Waals surface area contributed by atoms with Crippen molar-refractivity contribution < 1.29 is 0 Å². The Balaban J connectivity index is 2.00. The Bertz CT molecular complexity index is 517. The number of imidazole rings is 1. The first-order valence-electron chi connectivity index (χ1n) is 6.70. The molecule has 0 saturated heterocycles. The molecule has 0 bridgehead atoms. The van der Waals surface area contributed by atoms with Crippen molar-refractivity contribution in [2.75, 3.05) is 0 Å². The molecular formula is C15H18Cl2N2. The number of aryl methyl sites for hydroxylation is 1. The van der Waals surface area contributed by atoms with Crippen LogP contribution >= 0.6 is 23.2 Å². The van der Waals surface area contributed by atoms with Crippen LogP contribution in [-0.4, -0.2) is 9.55 Å². The molecule has 0 fully saturated rings. The summed E-state index contributed by atoms with van der Waals surface area (Å²) in [6.45, 7) is 2.23. The molecule has 1 heterocycles. The third-order valence-electron chi connectivity index (χ3n) is 3.20. The molecule has 0 saturated carbocycles. The number of hydrogen-bond acceptors (Lipinski definition) is 1. The summed E-state index contributed by atoms with van der Waals surface area (Å²) in [4.78, 5) is 3.98. The number of unbranched alkanes of at least 4 members (excludes halogenated alkanes) is 3. The predicted octanol–water partition coefficient (Wildman–Crippen LogP) is 5.30. The molecule has 0 aliphatic rings. The molecule has 0 radical (unpaired) electrons. The Morgan fingerprint density at radius 2 is 1.79 bits per heavy atom. The molecule has 0 N–H and O–H groups in total. The van der Waals surface area contributed by atoms with Crippen LogP contribution in [0.5, 0.6) is 0 Å². The van der Waals surface area contributed by atoms with Crippen molar-refractivity contribution in [2.24, 2.45) is 0 Å². The van der Waals surface area contributed by atoms with Gasteiger partial charge in [-0.25, -0.2) is 4.98 Å². The van der Waals surface area contributed by atoms with E-state index in [-0.39, 0.29) is 0 Å². The van der Waals surface area contributed by atoms with Gasteiger partial charge in [-0.1, -0.05) is 61.5 Å². The monoisotopic (exact) mass is 296 g/mol. The number of aromatic nitrogens is 2. The largest absolute Gasteiger partial charge is 0.288 e. The zero-order chi connectivity index (χ0) is 13.7. The molecule has 19 heavy (non-hydrogen) atoms. The Morgan fingerprint density at radius 1 is 1.05 bits per heavy atom. The quantitative estimate of drug-likeness (QED) is 0.661. The average Bonchev–Trinajstić information content (AvgIpc) is 2.76. The lowest BCUT2D eigenvalue weighted by Crippen LogP contribution is -1.93. The van der Waals surface area contributed by atoms with E-state index >= 15 is 0 Å². The van der Waals surface area contributed by atoms with E-state index in [4.69, 9.17) is 23.2 Å². The minimum atomic E-state index is 0.338. The van der Waals surface area contributed by atoms with Crippen LogP contribution in [0.3, 0.4) is 0 Å². The minimum Gasteiger partial charge on any atom is -0.288 e. The highest BCUT2D eigenvalue weighted by atomic mass is 35.5. The molecule has 0 unspecified atom stereocenters. The van der Waals surface area contributed by atoms with Gasteiger partial charge in [0.1, 0.15) is 6.33 Å². The number of nitrogens with zero attached hydrogens (tertiary/aromatic N) is 2. The van der Waals surface area contributed by atoms with Crippen LogP contribution in [0.25, 0.3) is 5.69 Å². The van der Waals surface area contributed by atoms with Crippen LogP contribution in [-0.2, 0) is 6.42 Å². The zero-order valence-electron chi connectivity index (χ0n) is 11.1. The first-order valence-corrected chi connectivity index (χ1v) is 7.45. The highest BCUT2D eigenvalue weighted by molar-refractivity contribution is 6.40. The van der Waals surface area contributed by atoms with Crippen LogP contribution < -0.4 is 0 Å². The van der Waals surface area contributed by atoms with E-state index in [2.05, 4.69) is 36.2 Å². The van der Waals surface area contributed by atoms with E-state index in [0.717, 1.165) is 12.1 Å². The van der Waals surface area contributed by atoms with Crippen molar-refractivity contribution in [2.45, 2.75) is 39.0 Å². The van der Waals surface area contributed by atoms with Gasteiger partial charge in [0.15, 0.2) is 10.3 Å². The smallest absolute Gasteiger partial charge is 0.166 e. The lowest BCUT2D eigenvalue weighted by atomic mass is 10.1. The Morgan fingerprint density at radius 3 is 2.37 bits per heavy atom. The average molecular weight is 297 g/mol. The number of benzene rings is 1. The van der Waals surface area contributed by atoms with Crippen molar-refractivity contribution in [1.82, 2.24) is 9.55 Å². The fraction of sp³-hybridized carbons (Fsp3) is 0.400. The number of rotatable bonds is 6. The molecule has 1 aromatic heterocycles. The first kappa shape index (κ1) is 14.4. The summed E-state index contributed by atoms with van der Waals surface area (Å²) in [5, 5.41) is 0.794. The van der Waals surface area contributed by atoms with Crippen LogP contribution in [0.2, 0.25) is 10.3 Å². The Labute approximate surface area is 124 Å². The van der Waals surface area contributed by atoms with Gasteiger partial charge in [-0.2, -0.15) is 0 Å². The summed E-state index contributed by atoms with van der Waals surface area (Å²) in [6.07, 6.45) is 7.94. The van der Waals surface area contributed by atoms with Gasteiger partial charge in [0, 0.05) is 5.69 Å². The molecule has 102 valence electrons. The zero-order valence-corrected chi connectivity index (χ0v) is 12.6. The number of halogens is 2. The highest BCUT2D eigenvalue weighted by Crippen LogP contribution is 2.23. The van der Waals surface area contributed by atoms with Gasteiger partial charge < -0.3 is 0 Å². The summed E-state index contributed by atoms with van der Waals surface area (Å²) >= 11 is 11.9. The summed E-state index contributed by atoms with van der Waals surface area (Å²) in [5.74, 6) is 0. The third-order valence-corrected chi connectivity index (χ3v) is 3.94. The van der Waals surface area contributed by atoms with Crippen LogP contribution in [0.15, 0.2) is 30.6 Å². The summed E-state index contributed by atoms with van der Waals surface area (Å²) in [7, 11) is 0. The Kier molecular flexibility index (Phi) is 5.29. The maximum Gasteiger partial charge on any atom is 0.166 e. The maximum atomic E-state index is 6.07. The second-order valence-corrected chi connectivity index (χ2v) is 5.39. The normalized spacial score (nSPS) is 10.9. The number of hydrogen-bond donors (Lipinski definition) is 0. The second-order valence-electron chi connectivity index (χ2n) is 4.67. The summed E-state index contributed by atoms with van der Waals surface area (Å²) in [5.41, 5.74) is 2.35. The van der Waals surface area contributed by atoms with Gasteiger partial charge in [-0.3, -0.25) is 4.57 Å². The van der Waals surface area contributed by atoms with E-state index in [9.17, 15) is 0 Å². The molecule has 0 amide bonds. The molecule has 0 aliphatic carbocycles. The second kappa shape index (κ2) is 6.97. The van der Waals surface area contributed by atoms with Gasteiger partial charge in [-0.05, 0) is 30.5 Å². The third kappa shape index (κ3) is 3.74. The van der Waals surface area contributed by atoms with E-state index in [0.29, 0.717) is 10.3 Å². The topological polar surface area (TPSA) is 17.8 Å². The molecule has 0 spiro atoms. The fourth-order valence-electron chi connectivity index (χ4n) is 2.07. The first-order chi connectivity index (χ1) is 9.22. The molecule has 2 nitrogen and oxygen atoms in total. The molecule has 4 heteroatoms. The molecule has 1 aromatic carbocycles. The standard InChI is InChI=1S/C15H18Cl2N2/c1-2-3-4-5-6-12-7-9-13(10-8-12)19-11-18-14(16)15(19)17/h7-11H,2-6H2,1H3. The lowest BCUT2D eigenvalue weighted by Gasteiger charge is -2.06. The van der Waals surface area contributed by atoms with Gasteiger partial charge in [0.05, 0.1) is 0 Å². The van der Waals surface area contributed by atoms with E-state index in [1.54, 1.807) is 10.9 Å². The van der Waals surface area contributed by atoms with Crippen molar-refractivity contribution in [3.8, 4) is 5.69 Å². The van der Waals surface area contributed by atoms with Crippen molar-refractivity contribution in [3.63, 3.8) is 0 Å². The van der Waals surface area contributed by atoms with E-state index in [1.807, 2.05) is 0 Å². The van der Waals surface area contributed by atoms with Crippen LogP contribution in [0.4, 0.5) is 0 Å². The van der Waals surface area contributed by atoms with Crippen molar-refractivity contribution in [1.29, 1.82) is 0 Å². The van der Waals surface area contributed by atoms with Gasteiger partial charge in [0.25, 0.3) is 0 Å².